The van der Waals surface area contributed by atoms with E-state index in [2.05, 4.69) is 46.3 Å². The number of ether oxygens (including phenoxy) is 1. The highest BCUT2D eigenvalue weighted by atomic mass is 35.5. The Balaban J connectivity index is 1.21. The van der Waals surface area contributed by atoms with Gasteiger partial charge in [0.15, 0.2) is 5.11 Å². The number of carbonyl (C=O) groups excluding carboxylic acids is 2. The van der Waals surface area contributed by atoms with Gasteiger partial charge in [-0.05, 0) is 86.2 Å². The number of thiocarbonyl (C=S) groups is 1. The van der Waals surface area contributed by atoms with Crippen LogP contribution in [0.25, 0.3) is 0 Å². The lowest BCUT2D eigenvalue weighted by molar-refractivity contribution is -0.124. The zero-order valence-corrected chi connectivity index (χ0v) is 26.0. The molecule has 2 heterocycles. The topological polar surface area (TPSA) is 68.4 Å². The Labute approximate surface area is 264 Å². The maximum Gasteiger partial charge on any atom is 0.256 e. The lowest BCUT2D eigenvalue weighted by Gasteiger charge is -2.36. The van der Waals surface area contributed by atoms with Crippen molar-refractivity contribution in [3.8, 4) is 5.75 Å². The van der Waals surface area contributed by atoms with Crippen LogP contribution in [0.1, 0.15) is 26.2 Å². The predicted octanol–water partition coefficient (Wildman–Crippen LogP) is 5.67. The lowest BCUT2D eigenvalue weighted by atomic mass is 10.1. The number of halogens is 1. The molecular weight excluding hydrogens is 582 g/mol. The van der Waals surface area contributed by atoms with Crippen molar-refractivity contribution in [1.82, 2.24) is 9.80 Å². The molecule has 3 aromatic carbocycles. The zero-order chi connectivity index (χ0) is 30.2. The molecule has 0 radical (unpaired) electrons. The molecule has 0 unspecified atom stereocenters. The van der Waals surface area contributed by atoms with Crippen LogP contribution in [0, 0.1) is 0 Å². The molecule has 2 aliphatic rings. The highest BCUT2D eigenvalue weighted by Gasteiger charge is 2.44. The molecule has 2 saturated heterocycles. The molecule has 1 atom stereocenters. The highest BCUT2D eigenvalue weighted by Crippen LogP contribution is 2.29. The first-order chi connectivity index (χ1) is 20.9. The van der Waals surface area contributed by atoms with Gasteiger partial charge in [-0.1, -0.05) is 42.8 Å². The fourth-order valence-corrected chi connectivity index (χ4v) is 6.11. The van der Waals surface area contributed by atoms with Gasteiger partial charge < -0.3 is 19.9 Å². The summed E-state index contributed by atoms with van der Waals surface area (Å²) in [6.07, 6.45) is 1.72. The van der Waals surface area contributed by atoms with E-state index < -0.39 is 6.04 Å². The predicted molar refractivity (Wildman–Crippen MR) is 177 cm³/mol. The van der Waals surface area contributed by atoms with E-state index in [9.17, 15) is 9.59 Å². The Morgan fingerprint density at radius 1 is 0.953 bits per heavy atom. The molecule has 2 aliphatic heterocycles. The first kappa shape index (κ1) is 30.8. The molecule has 1 N–H and O–H groups in total. The van der Waals surface area contributed by atoms with Crippen molar-refractivity contribution in [1.29, 1.82) is 0 Å². The van der Waals surface area contributed by atoms with E-state index in [0.717, 1.165) is 51.3 Å². The van der Waals surface area contributed by atoms with Crippen molar-refractivity contribution in [2.45, 2.75) is 32.2 Å². The molecule has 0 bridgehead atoms. The normalized spacial score (nSPS) is 17.4. The summed E-state index contributed by atoms with van der Waals surface area (Å²) in [5.41, 5.74) is 2.51. The number of para-hydroxylation sites is 1. The van der Waals surface area contributed by atoms with Crippen molar-refractivity contribution >= 4 is 57.8 Å². The number of benzene rings is 3. The van der Waals surface area contributed by atoms with Crippen molar-refractivity contribution < 1.29 is 14.3 Å². The number of hydrogen-bond acceptors (Lipinski definition) is 6. The molecule has 2 amide bonds. The van der Waals surface area contributed by atoms with Crippen molar-refractivity contribution in [2.75, 3.05) is 61.0 Å². The second-order valence-electron chi connectivity index (χ2n) is 10.8. The lowest BCUT2D eigenvalue weighted by Crippen LogP contribution is -2.47. The summed E-state index contributed by atoms with van der Waals surface area (Å²) in [5, 5.41) is 3.84. The minimum atomic E-state index is -0.700. The summed E-state index contributed by atoms with van der Waals surface area (Å²) in [4.78, 5) is 35.2. The van der Waals surface area contributed by atoms with Crippen LogP contribution in [-0.4, -0.2) is 78.6 Å². The maximum absolute atomic E-state index is 13.7. The van der Waals surface area contributed by atoms with Crippen LogP contribution in [0.4, 0.5) is 17.1 Å². The minimum absolute atomic E-state index is 0.0140. The van der Waals surface area contributed by atoms with E-state index in [4.69, 9.17) is 28.6 Å². The van der Waals surface area contributed by atoms with Crippen LogP contribution >= 0.6 is 23.8 Å². The number of piperazine rings is 1. The molecular formula is C33H38ClN5O3S. The summed E-state index contributed by atoms with van der Waals surface area (Å²) in [7, 11) is 0. The molecule has 0 aromatic heterocycles. The van der Waals surface area contributed by atoms with E-state index in [1.807, 2.05) is 29.2 Å². The molecule has 3 aromatic rings. The molecule has 5 rings (SSSR count). The van der Waals surface area contributed by atoms with Gasteiger partial charge in [-0.25, -0.2) is 0 Å². The first-order valence-corrected chi connectivity index (χ1v) is 15.7. The van der Waals surface area contributed by atoms with Crippen LogP contribution in [0.3, 0.4) is 0 Å². The number of carbonyl (C=O) groups is 2. The molecule has 0 saturated carbocycles. The molecule has 0 aliphatic carbocycles. The summed E-state index contributed by atoms with van der Waals surface area (Å²) in [6, 6.07) is 24.1. The largest absolute Gasteiger partial charge is 0.494 e. The Bertz CT molecular complexity index is 1400. The first-order valence-electron chi connectivity index (χ1n) is 14.9. The van der Waals surface area contributed by atoms with E-state index >= 15 is 0 Å². The van der Waals surface area contributed by atoms with Crippen LogP contribution in [-0.2, 0) is 9.59 Å². The summed E-state index contributed by atoms with van der Waals surface area (Å²) in [6.45, 7) is 8.04. The number of nitrogens with one attached hydrogen (secondary N) is 1. The number of anilines is 3. The van der Waals surface area contributed by atoms with Gasteiger partial charge in [0.25, 0.3) is 5.91 Å². The summed E-state index contributed by atoms with van der Waals surface area (Å²) >= 11 is 12.1. The van der Waals surface area contributed by atoms with Gasteiger partial charge in [-0.3, -0.25) is 19.4 Å². The Kier molecular flexibility index (Phi) is 10.5. The molecule has 0 spiro atoms. The average molecular weight is 620 g/mol. The van der Waals surface area contributed by atoms with Gasteiger partial charge in [0.1, 0.15) is 11.8 Å². The van der Waals surface area contributed by atoms with Crippen LogP contribution in [0.5, 0.6) is 5.75 Å². The number of rotatable bonds is 12. The SMILES string of the molecule is CCCOc1ccc(NC(=O)C[C@H]2C(=O)N(c3cccc(Cl)c3)C(=S)N2CCCN2CCN(c3ccccc3)CC2)cc1. The quantitative estimate of drug-likeness (QED) is 0.262. The van der Waals surface area contributed by atoms with E-state index in [1.54, 1.807) is 30.3 Å². The van der Waals surface area contributed by atoms with Gasteiger partial charge in [0.2, 0.25) is 5.91 Å². The van der Waals surface area contributed by atoms with Gasteiger partial charge >= 0.3 is 0 Å². The maximum atomic E-state index is 13.7. The smallest absolute Gasteiger partial charge is 0.256 e. The standard InChI is InChI=1S/C33H38ClN5O3S/c1-2-22-42-29-14-12-26(13-15-29)35-31(40)24-30-32(41)39(28-11-6-8-25(34)23-28)33(43)38(30)17-7-16-36-18-20-37(21-19-36)27-9-4-3-5-10-27/h3-6,8-15,23,30H,2,7,16-22,24H2,1H3,(H,35,40)/t30-/m0/s1. The number of amides is 2. The molecule has 8 nitrogen and oxygen atoms in total. The second-order valence-corrected chi connectivity index (χ2v) is 11.6. The van der Waals surface area contributed by atoms with E-state index in [-0.39, 0.29) is 18.2 Å². The molecule has 2 fully saturated rings. The van der Waals surface area contributed by atoms with Gasteiger partial charge in [0, 0.05) is 49.1 Å². The Hall–Kier alpha value is -3.66. The number of nitrogens with zero attached hydrogens (tertiary/aromatic N) is 4. The summed E-state index contributed by atoms with van der Waals surface area (Å²) in [5.74, 6) is 0.279. The third kappa shape index (κ3) is 7.84. The van der Waals surface area contributed by atoms with Crippen molar-refractivity contribution in [3.63, 3.8) is 0 Å². The van der Waals surface area contributed by atoms with Crippen molar-refractivity contribution in [2.24, 2.45) is 0 Å². The fraction of sp³-hybridized carbons (Fsp3) is 0.364. The molecule has 43 heavy (non-hydrogen) atoms. The third-order valence-electron chi connectivity index (χ3n) is 7.74. The summed E-state index contributed by atoms with van der Waals surface area (Å²) < 4.78 is 5.63. The second kappa shape index (κ2) is 14.7. The fourth-order valence-electron chi connectivity index (χ4n) is 5.52. The van der Waals surface area contributed by atoms with Crippen molar-refractivity contribution in [3.05, 3.63) is 83.9 Å². The average Bonchev–Trinajstić information content (AvgIpc) is 3.25. The highest BCUT2D eigenvalue weighted by molar-refractivity contribution is 7.80. The monoisotopic (exact) mass is 619 g/mol. The van der Waals surface area contributed by atoms with Crippen LogP contribution < -0.4 is 19.9 Å². The Morgan fingerprint density at radius 3 is 2.37 bits per heavy atom. The van der Waals surface area contributed by atoms with Gasteiger partial charge in [-0.15, -0.1) is 0 Å². The number of hydrogen-bond donors (Lipinski definition) is 1. The Morgan fingerprint density at radius 2 is 1.67 bits per heavy atom. The van der Waals surface area contributed by atoms with Crippen LogP contribution in [0.15, 0.2) is 78.9 Å². The molecule has 10 heteroatoms. The van der Waals surface area contributed by atoms with E-state index in [0.29, 0.717) is 34.7 Å². The molecule has 226 valence electrons. The van der Waals surface area contributed by atoms with Gasteiger partial charge in [0.05, 0.1) is 18.7 Å². The minimum Gasteiger partial charge on any atom is -0.494 e. The zero-order valence-electron chi connectivity index (χ0n) is 24.5. The van der Waals surface area contributed by atoms with Crippen LogP contribution in [0.2, 0.25) is 5.02 Å². The van der Waals surface area contributed by atoms with E-state index in [1.165, 1.54) is 10.6 Å². The third-order valence-corrected chi connectivity index (χ3v) is 8.39. The van der Waals surface area contributed by atoms with Gasteiger partial charge in [-0.2, -0.15) is 0 Å².